The minimum absolute atomic E-state index is 0.168. The SMILES string of the molecule is Oc1ccc(CNC/C=C\Cc2ccc3c(CCl)ccc(O)c3n2)c2cccnc12. The van der Waals surface area contributed by atoms with E-state index < -0.39 is 0 Å². The maximum Gasteiger partial charge on any atom is 0.141 e. The Kier molecular flexibility index (Phi) is 6.12. The average molecular weight is 420 g/mol. The monoisotopic (exact) mass is 419 g/mol. The fraction of sp³-hybridized carbons (Fsp3) is 0.167. The molecule has 0 amide bonds. The highest BCUT2D eigenvalue weighted by Crippen LogP contribution is 2.27. The summed E-state index contributed by atoms with van der Waals surface area (Å²) in [5.74, 6) is 0.749. The number of allylic oxidation sites excluding steroid dienone is 1. The smallest absolute Gasteiger partial charge is 0.141 e. The molecule has 0 spiro atoms. The highest BCUT2D eigenvalue weighted by Gasteiger charge is 2.07. The van der Waals surface area contributed by atoms with E-state index in [2.05, 4.69) is 27.4 Å². The lowest BCUT2D eigenvalue weighted by Crippen LogP contribution is -2.13. The van der Waals surface area contributed by atoms with Crippen LogP contribution in [-0.4, -0.2) is 26.7 Å². The highest BCUT2D eigenvalue weighted by atomic mass is 35.5. The Morgan fingerprint density at radius 3 is 2.47 bits per heavy atom. The van der Waals surface area contributed by atoms with E-state index in [1.807, 2.05) is 36.4 Å². The molecule has 0 bridgehead atoms. The van der Waals surface area contributed by atoms with Crippen LogP contribution in [0.1, 0.15) is 16.8 Å². The number of hydrogen-bond acceptors (Lipinski definition) is 5. The van der Waals surface area contributed by atoms with Crippen molar-refractivity contribution in [2.24, 2.45) is 0 Å². The van der Waals surface area contributed by atoms with Crippen LogP contribution in [0.2, 0.25) is 0 Å². The predicted octanol–water partition coefficient (Wildman–Crippen LogP) is 4.82. The Hall–Kier alpha value is -3.15. The number of aromatic nitrogens is 2. The molecule has 0 aliphatic carbocycles. The van der Waals surface area contributed by atoms with Crippen molar-refractivity contribution in [2.75, 3.05) is 6.54 Å². The summed E-state index contributed by atoms with van der Waals surface area (Å²) >= 11 is 5.97. The summed E-state index contributed by atoms with van der Waals surface area (Å²) in [6, 6.07) is 14.8. The lowest BCUT2D eigenvalue weighted by molar-refractivity contribution is 0.479. The average Bonchev–Trinajstić information content (AvgIpc) is 2.78. The van der Waals surface area contributed by atoms with E-state index in [-0.39, 0.29) is 11.5 Å². The standard InChI is InChI=1S/C24H22ClN3O2/c25-14-16-6-10-22(30)24-20(16)9-8-18(28-24)4-1-2-12-26-15-17-7-11-21(29)23-19(17)5-3-13-27-23/h1-3,5-11,13,26,29-30H,4,12,14-15H2/b2-1-. The summed E-state index contributed by atoms with van der Waals surface area (Å²) in [4.78, 5) is 8.83. The van der Waals surface area contributed by atoms with Gasteiger partial charge in [0.1, 0.15) is 22.5 Å². The second kappa shape index (κ2) is 9.11. The molecule has 0 radical (unpaired) electrons. The third-order valence-corrected chi connectivity index (χ3v) is 5.33. The molecule has 0 unspecified atom stereocenters. The number of nitrogens with zero attached hydrogens (tertiary/aromatic N) is 2. The van der Waals surface area contributed by atoms with E-state index in [0.29, 0.717) is 36.4 Å². The number of fused-ring (bicyclic) bond motifs is 2. The highest BCUT2D eigenvalue weighted by molar-refractivity contribution is 6.18. The van der Waals surface area contributed by atoms with Gasteiger partial charge in [0.05, 0.1) is 0 Å². The van der Waals surface area contributed by atoms with Gasteiger partial charge < -0.3 is 15.5 Å². The maximum absolute atomic E-state index is 10.1. The third kappa shape index (κ3) is 4.22. The Bertz CT molecular complexity index is 1220. The quantitative estimate of drug-likeness (QED) is 0.227. The topological polar surface area (TPSA) is 78.3 Å². The van der Waals surface area contributed by atoms with Crippen molar-refractivity contribution in [2.45, 2.75) is 18.8 Å². The van der Waals surface area contributed by atoms with Crippen LogP contribution in [0.25, 0.3) is 21.8 Å². The molecular weight excluding hydrogens is 398 g/mol. The molecule has 0 aliphatic heterocycles. The van der Waals surface area contributed by atoms with Gasteiger partial charge in [-0.25, -0.2) is 4.98 Å². The Morgan fingerprint density at radius 2 is 1.63 bits per heavy atom. The second-order valence-electron chi connectivity index (χ2n) is 7.03. The molecule has 0 atom stereocenters. The molecule has 30 heavy (non-hydrogen) atoms. The number of hydrogen-bond donors (Lipinski definition) is 3. The molecule has 6 heteroatoms. The first-order valence-electron chi connectivity index (χ1n) is 9.75. The molecule has 2 heterocycles. The van der Waals surface area contributed by atoms with Gasteiger partial charge in [-0.2, -0.15) is 0 Å². The van der Waals surface area contributed by atoms with Crippen LogP contribution >= 0.6 is 11.6 Å². The largest absolute Gasteiger partial charge is 0.506 e. The van der Waals surface area contributed by atoms with Crippen LogP contribution in [0, 0.1) is 0 Å². The van der Waals surface area contributed by atoms with Gasteiger partial charge in [-0.15, -0.1) is 11.6 Å². The summed E-state index contributed by atoms with van der Waals surface area (Å²) in [6.07, 6.45) is 6.47. The van der Waals surface area contributed by atoms with Crippen molar-refractivity contribution in [3.63, 3.8) is 0 Å². The van der Waals surface area contributed by atoms with Crippen molar-refractivity contribution in [3.8, 4) is 11.5 Å². The van der Waals surface area contributed by atoms with Crippen LogP contribution in [0.5, 0.6) is 11.5 Å². The van der Waals surface area contributed by atoms with E-state index in [9.17, 15) is 10.2 Å². The normalized spacial score (nSPS) is 11.6. The van der Waals surface area contributed by atoms with Gasteiger partial charge in [-0.3, -0.25) is 4.98 Å². The summed E-state index contributed by atoms with van der Waals surface area (Å²) in [5.41, 5.74) is 4.14. The predicted molar refractivity (Wildman–Crippen MR) is 121 cm³/mol. The summed E-state index contributed by atoms with van der Waals surface area (Å²) in [7, 11) is 0. The fourth-order valence-corrected chi connectivity index (χ4v) is 3.71. The molecule has 0 saturated carbocycles. The summed E-state index contributed by atoms with van der Waals surface area (Å²) < 4.78 is 0. The van der Waals surface area contributed by atoms with E-state index in [0.717, 1.165) is 27.6 Å². The fourth-order valence-electron chi connectivity index (χ4n) is 3.48. The molecule has 0 aliphatic rings. The molecule has 152 valence electrons. The van der Waals surface area contributed by atoms with Crippen LogP contribution in [0.3, 0.4) is 0 Å². The first kappa shape index (κ1) is 20.1. The van der Waals surface area contributed by atoms with Crippen LogP contribution in [0.15, 0.2) is 66.9 Å². The van der Waals surface area contributed by atoms with Gasteiger partial charge in [0.2, 0.25) is 0 Å². The molecule has 4 aromatic rings. The number of phenolic OH excluding ortho intramolecular Hbond substituents is 2. The van der Waals surface area contributed by atoms with Gasteiger partial charge in [0.25, 0.3) is 0 Å². The minimum Gasteiger partial charge on any atom is -0.506 e. The van der Waals surface area contributed by atoms with Crippen LogP contribution in [-0.2, 0) is 18.8 Å². The van der Waals surface area contributed by atoms with Gasteiger partial charge in [-0.1, -0.05) is 36.4 Å². The maximum atomic E-state index is 10.1. The number of pyridine rings is 2. The Morgan fingerprint density at radius 1 is 0.867 bits per heavy atom. The summed E-state index contributed by atoms with van der Waals surface area (Å²) in [6.45, 7) is 1.38. The van der Waals surface area contributed by atoms with Crippen molar-refractivity contribution in [1.29, 1.82) is 0 Å². The zero-order valence-corrected chi connectivity index (χ0v) is 17.1. The molecular formula is C24H22ClN3O2. The number of alkyl halides is 1. The van der Waals surface area contributed by atoms with Crippen LogP contribution < -0.4 is 5.32 Å². The number of rotatable bonds is 7. The van der Waals surface area contributed by atoms with E-state index >= 15 is 0 Å². The van der Waals surface area contributed by atoms with Crippen molar-refractivity contribution in [3.05, 3.63) is 83.7 Å². The number of benzene rings is 2. The van der Waals surface area contributed by atoms with Gasteiger partial charge in [0.15, 0.2) is 0 Å². The van der Waals surface area contributed by atoms with E-state index in [4.69, 9.17) is 11.6 Å². The minimum atomic E-state index is 0.168. The second-order valence-corrected chi connectivity index (χ2v) is 7.29. The van der Waals surface area contributed by atoms with Crippen molar-refractivity contribution >= 4 is 33.4 Å². The summed E-state index contributed by atoms with van der Waals surface area (Å²) in [5, 5.41) is 25.3. The van der Waals surface area contributed by atoms with Gasteiger partial charge >= 0.3 is 0 Å². The molecule has 0 saturated heterocycles. The van der Waals surface area contributed by atoms with Crippen molar-refractivity contribution in [1.82, 2.24) is 15.3 Å². The van der Waals surface area contributed by atoms with Gasteiger partial charge in [0, 0.05) is 48.1 Å². The first-order chi connectivity index (χ1) is 14.7. The number of nitrogens with one attached hydrogen (secondary N) is 1. The zero-order valence-electron chi connectivity index (χ0n) is 16.3. The third-order valence-electron chi connectivity index (χ3n) is 5.04. The molecule has 0 fully saturated rings. The van der Waals surface area contributed by atoms with E-state index in [1.54, 1.807) is 18.3 Å². The van der Waals surface area contributed by atoms with Crippen LogP contribution in [0.4, 0.5) is 0 Å². The lowest BCUT2D eigenvalue weighted by atomic mass is 10.1. The van der Waals surface area contributed by atoms with Crippen molar-refractivity contribution < 1.29 is 10.2 Å². The molecule has 2 aromatic carbocycles. The molecule has 5 nitrogen and oxygen atoms in total. The first-order valence-corrected chi connectivity index (χ1v) is 10.3. The zero-order chi connectivity index (χ0) is 20.9. The number of phenols is 2. The van der Waals surface area contributed by atoms with Gasteiger partial charge in [-0.05, 0) is 35.4 Å². The Labute approximate surface area is 179 Å². The number of halogens is 1. The van der Waals surface area contributed by atoms with E-state index in [1.165, 1.54) is 0 Å². The Balaban J connectivity index is 1.36. The lowest BCUT2D eigenvalue weighted by Gasteiger charge is -2.08. The molecule has 2 aromatic heterocycles. The number of aromatic hydroxyl groups is 2. The molecule has 4 rings (SSSR count). The molecule has 3 N–H and O–H groups in total.